The van der Waals surface area contributed by atoms with E-state index in [0.717, 1.165) is 5.82 Å². The van der Waals surface area contributed by atoms with E-state index in [-0.39, 0.29) is 6.10 Å². The molecular weight excluding hydrogens is 220 g/mol. The number of imidazole rings is 1. The summed E-state index contributed by atoms with van der Waals surface area (Å²) in [5, 5.41) is 9.42. The maximum atomic E-state index is 11.5. The molecule has 1 saturated heterocycles. The summed E-state index contributed by atoms with van der Waals surface area (Å²) in [4.78, 5) is 15.7. The van der Waals surface area contributed by atoms with Gasteiger partial charge in [0.25, 0.3) is 0 Å². The predicted octanol–water partition coefficient (Wildman–Crippen LogP) is 1.23. The highest BCUT2D eigenvalue weighted by molar-refractivity contribution is 5.75. The Balaban J connectivity index is 2.10. The molecule has 0 radical (unpaired) electrons. The Hall–Kier alpha value is -1.36. The number of aliphatic carboxylic acids is 1. The molecule has 1 N–H and O–H groups in total. The second-order valence-electron chi connectivity index (χ2n) is 4.68. The van der Waals surface area contributed by atoms with Gasteiger partial charge in [0, 0.05) is 32.5 Å². The van der Waals surface area contributed by atoms with E-state index < -0.39 is 11.4 Å². The number of carbonyl (C=O) groups is 1. The Morgan fingerprint density at radius 3 is 3.00 bits per heavy atom. The summed E-state index contributed by atoms with van der Waals surface area (Å²) >= 11 is 0. The van der Waals surface area contributed by atoms with E-state index in [4.69, 9.17) is 4.74 Å². The van der Waals surface area contributed by atoms with Gasteiger partial charge in [-0.05, 0) is 19.8 Å². The fourth-order valence-corrected chi connectivity index (χ4v) is 2.47. The molecule has 0 saturated carbocycles. The van der Waals surface area contributed by atoms with E-state index >= 15 is 0 Å². The van der Waals surface area contributed by atoms with Gasteiger partial charge < -0.3 is 14.4 Å². The van der Waals surface area contributed by atoms with E-state index in [1.165, 1.54) is 0 Å². The van der Waals surface area contributed by atoms with Crippen LogP contribution >= 0.6 is 0 Å². The fourth-order valence-electron chi connectivity index (χ4n) is 2.47. The van der Waals surface area contributed by atoms with E-state index in [1.54, 1.807) is 6.20 Å². The zero-order chi connectivity index (χ0) is 12.5. The standard InChI is InChI=1S/C12H18N2O3/c1-9-12(11(15)16,5-8-17-9)4-3-10-13-6-7-14(10)2/h6-7,9H,3-5,8H2,1-2H3,(H,15,16). The van der Waals surface area contributed by atoms with Gasteiger partial charge in [-0.2, -0.15) is 0 Å². The zero-order valence-corrected chi connectivity index (χ0v) is 10.2. The minimum absolute atomic E-state index is 0.222. The average molecular weight is 238 g/mol. The predicted molar refractivity (Wildman–Crippen MR) is 61.6 cm³/mol. The molecule has 2 atom stereocenters. The molecule has 0 aromatic carbocycles. The molecule has 0 amide bonds. The highest BCUT2D eigenvalue weighted by Gasteiger charge is 2.47. The topological polar surface area (TPSA) is 64.4 Å². The van der Waals surface area contributed by atoms with Gasteiger partial charge in [0.05, 0.1) is 11.5 Å². The van der Waals surface area contributed by atoms with Crippen LogP contribution in [0, 0.1) is 5.41 Å². The highest BCUT2D eigenvalue weighted by Crippen LogP contribution is 2.39. The molecular formula is C12H18N2O3. The minimum Gasteiger partial charge on any atom is -0.481 e. The number of rotatable bonds is 4. The molecule has 0 bridgehead atoms. The summed E-state index contributed by atoms with van der Waals surface area (Å²) in [5.74, 6) is 0.168. The average Bonchev–Trinajstić information content (AvgIpc) is 2.83. The molecule has 94 valence electrons. The number of carboxylic acids is 1. The van der Waals surface area contributed by atoms with E-state index in [0.29, 0.717) is 25.9 Å². The first-order valence-electron chi connectivity index (χ1n) is 5.87. The van der Waals surface area contributed by atoms with Crippen molar-refractivity contribution in [3.8, 4) is 0 Å². The van der Waals surface area contributed by atoms with Crippen molar-refractivity contribution in [2.45, 2.75) is 32.3 Å². The Morgan fingerprint density at radius 2 is 2.53 bits per heavy atom. The number of aromatic nitrogens is 2. The van der Waals surface area contributed by atoms with E-state index in [1.807, 2.05) is 24.7 Å². The SMILES string of the molecule is CC1OCCC1(CCc1nccn1C)C(=O)O. The molecule has 1 fully saturated rings. The number of carboxylic acid groups (broad SMARTS) is 1. The largest absolute Gasteiger partial charge is 0.481 e. The van der Waals surface area contributed by atoms with Crippen LogP contribution in [0.1, 0.15) is 25.6 Å². The molecule has 1 aliphatic heterocycles. The lowest BCUT2D eigenvalue weighted by molar-refractivity contribution is -0.152. The molecule has 1 aromatic heterocycles. The van der Waals surface area contributed by atoms with Crippen molar-refractivity contribution in [3.63, 3.8) is 0 Å². The molecule has 2 heterocycles. The molecule has 1 aromatic rings. The lowest BCUT2D eigenvalue weighted by Crippen LogP contribution is -2.38. The number of hydrogen-bond acceptors (Lipinski definition) is 3. The van der Waals surface area contributed by atoms with Gasteiger partial charge in [-0.1, -0.05) is 0 Å². The molecule has 2 unspecified atom stereocenters. The molecule has 1 aliphatic rings. The lowest BCUT2D eigenvalue weighted by Gasteiger charge is -2.27. The van der Waals surface area contributed by atoms with Crippen molar-refractivity contribution in [1.82, 2.24) is 9.55 Å². The zero-order valence-electron chi connectivity index (χ0n) is 10.2. The van der Waals surface area contributed by atoms with Gasteiger partial charge in [-0.25, -0.2) is 4.98 Å². The van der Waals surface area contributed by atoms with Crippen molar-refractivity contribution >= 4 is 5.97 Å². The number of ether oxygens (including phenoxy) is 1. The van der Waals surface area contributed by atoms with Crippen LogP contribution in [-0.4, -0.2) is 33.3 Å². The van der Waals surface area contributed by atoms with Crippen molar-refractivity contribution in [3.05, 3.63) is 18.2 Å². The summed E-state index contributed by atoms with van der Waals surface area (Å²) in [7, 11) is 1.92. The lowest BCUT2D eigenvalue weighted by atomic mass is 9.77. The van der Waals surface area contributed by atoms with Crippen molar-refractivity contribution in [2.24, 2.45) is 12.5 Å². The summed E-state index contributed by atoms with van der Waals surface area (Å²) in [5.41, 5.74) is -0.744. The highest BCUT2D eigenvalue weighted by atomic mass is 16.5. The second kappa shape index (κ2) is 4.49. The van der Waals surface area contributed by atoms with Crippen LogP contribution in [0.15, 0.2) is 12.4 Å². The molecule has 17 heavy (non-hydrogen) atoms. The van der Waals surface area contributed by atoms with Crippen molar-refractivity contribution < 1.29 is 14.6 Å². The van der Waals surface area contributed by atoms with Gasteiger partial charge >= 0.3 is 5.97 Å². The quantitative estimate of drug-likeness (QED) is 0.857. The van der Waals surface area contributed by atoms with Crippen LogP contribution in [0.25, 0.3) is 0 Å². The maximum Gasteiger partial charge on any atom is 0.312 e. The van der Waals surface area contributed by atoms with Crippen LogP contribution in [0.3, 0.4) is 0 Å². The van der Waals surface area contributed by atoms with Gasteiger partial charge in [-0.15, -0.1) is 0 Å². The normalized spacial score (nSPS) is 28.5. The van der Waals surface area contributed by atoms with Crippen LogP contribution in [-0.2, 0) is 23.0 Å². The summed E-state index contributed by atoms with van der Waals surface area (Å²) < 4.78 is 7.35. The number of nitrogens with zero attached hydrogens (tertiary/aromatic N) is 2. The third-order valence-corrected chi connectivity index (χ3v) is 3.84. The third-order valence-electron chi connectivity index (χ3n) is 3.84. The van der Waals surface area contributed by atoms with Crippen molar-refractivity contribution in [2.75, 3.05) is 6.61 Å². The van der Waals surface area contributed by atoms with Gasteiger partial charge in [-0.3, -0.25) is 4.79 Å². The fraction of sp³-hybridized carbons (Fsp3) is 0.667. The van der Waals surface area contributed by atoms with E-state index in [2.05, 4.69) is 4.98 Å². The molecule has 5 heteroatoms. The van der Waals surface area contributed by atoms with Crippen LogP contribution in [0.2, 0.25) is 0 Å². The Labute approximate surface area is 100 Å². The summed E-state index contributed by atoms with van der Waals surface area (Å²) in [6, 6.07) is 0. The maximum absolute atomic E-state index is 11.5. The van der Waals surface area contributed by atoms with Gasteiger partial charge in [0.1, 0.15) is 5.82 Å². The smallest absolute Gasteiger partial charge is 0.312 e. The Morgan fingerprint density at radius 1 is 1.76 bits per heavy atom. The molecule has 5 nitrogen and oxygen atoms in total. The first-order chi connectivity index (χ1) is 8.06. The first-order valence-corrected chi connectivity index (χ1v) is 5.87. The van der Waals surface area contributed by atoms with Gasteiger partial charge in [0.2, 0.25) is 0 Å². The number of hydrogen-bond donors (Lipinski definition) is 1. The third kappa shape index (κ3) is 2.07. The monoisotopic (exact) mass is 238 g/mol. The summed E-state index contributed by atoms with van der Waals surface area (Å²) in [6.45, 7) is 2.38. The van der Waals surface area contributed by atoms with Crippen LogP contribution in [0.5, 0.6) is 0 Å². The Kier molecular flexibility index (Phi) is 3.19. The summed E-state index contributed by atoms with van der Waals surface area (Å²) in [6.07, 6.45) is 5.22. The van der Waals surface area contributed by atoms with Crippen molar-refractivity contribution in [1.29, 1.82) is 0 Å². The van der Waals surface area contributed by atoms with Crippen LogP contribution < -0.4 is 0 Å². The Bertz CT molecular complexity index is 416. The molecule has 0 aliphatic carbocycles. The minimum atomic E-state index is -0.753. The second-order valence-corrected chi connectivity index (χ2v) is 4.68. The van der Waals surface area contributed by atoms with Crippen LogP contribution in [0.4, 0.5) is 0 Å². The molecule has 0 spiro atoms. The van der Waals surface area contributed by atoms with E-state index in [9.17, 15) is 9.90 Å². The first kappa shape index (κ1) is 12.1. The molecule has 2 rings (SSSR count). The van der Waals surface area contributed by atoms with Gasteiger partial charge in [0.15, 0.2) is 0 Å². The number of aryl methyl sites for hydroxylation is 2.